The summed E-state index contributed by atoms with van der Waals surface area (Å²) in [6, 6.07) is 0. The fourth-order valence-electron chi connectivity index (χ4n) is 0.953. The molecule has 0 fully saturated rings. The van der Waals surface area contributed by atoms with Crippen LogP contribution in [0.25, 0.3) is 0 Å². The molecule has 0 spiro atoms. The number of hydrogen-bond acceptors (Lipinski definition) is 6. The monoisotopic (exact) mass is 239 g/mol. The molecule has 0 atom stereocenters. The van der Waals surface area contributed by atoms with Crippen LogP contribution in [0.2, 0.25) is 0 Å². The van der Waals surface area contributed by atoms with Gasteiger partial charge in [-0.15, -0.1) is 0 Å². The van der Waals surface area contributed by atoms with E-state index in [9.17, 15) is 0 Å². The van der Waals surface area contributed by atoms with Crippen LogP contribution in [0, 0.1) is 11.5 Å². The summed E-state index contributed by atoms with van der Waals surface area (Å²) in [6.45, 7) is 1.38. The van der Waals surface area contributed by atoms with Gasteiger partial charge in [0, 0.05) is 20.1 Å². The predicted molar refractivity (Wildman–Crippen MR) is 63.1 cm³/mol. The minimum absolute atomic E-state index is 0.481. The summed E-state index contributed by atoms with van der Waals surface area (Å²) in [4.78, 5) is 8.13. The molecule has 3 N–H and O–H groups in total. The van der Waals surface area contributed by atoms with Crippen molar-refractivity contribution < 1.29 is 0 Å². The molecule has 0 bridgehead atoms. The summed E-state index contributed by atoms with van der Waals surface area (Å²) in [5.74, 6) is 1.13. The summed E-state index contributed by atoms with van der Waals surface area (Å²) in [7, 11) is 1.71. The Labute approximate surface area is 97.8 Å². The second-order valence-corrected chi connectivity index (χ2v) is 3.36. The summed E-state index contributed by atoms with van der Waals surface area (Å²) >= 11 is 1.31. The highest BCUT2D eigenvalue weighted by molar-refractivity contribution is 7.03. The fraction of sp³-hybridized carbons (Fsp3) is 0.500. The van der Waals surface area contributed by atoms with Crippen molar-refractivity contribution in [1.82, 2.24) is 20.0 Å². The summed E-state index contributed by atoms with van der Waals surface area (Å²) < 4.78 is 4.01. The van der Waals surface area contributed by atoms with Crippen molar-refractivity contribution in [2.24, 2.45) is 4.99 Å². The molecule has 0 radical (unpaired) electrons. The number of nitriles is 1. The molecule has 7 nitrogen and oxygen atoms in total. The van der Waals surface area contributed by atoms with Crippen molar-refractivity contribution in [3.63, 3.8) is 0 Å². The van der Waals surface area contributed by atoms with Crippen LogP contribution in [-0.2, 0) is 0 Å². The highest BCUT2D eigenvalue weighted by Crippen LogP contribution is 1.99. The standard InChI is InChI=1S/C8H13N7S/c1-10-7(13-5-9)11-3-2-4-12-8-14-6-16-15-8/h6H,2-4H2,1H3,(H,12,15)(H2,10,11,13). The highest BCUT2D eigenvalue weighted by atomic mass is 32.1. The summed E-state index contributed by atoms with van der Waals surface area (Å²) in [5, 5.41) is 16.7. The van der Waals surface area contributed by atoms with Crippen LogP contribution in [0.3, 0.4) is 0 Å². The normalized spacial score (nSPS) is 10.6. The van der Waals surface area contributed by atoms with Crippen LogP contribution in [0.15, 0.2) is 10.5 Å². The van der Waals surface area contributed by atoms with Gasteiger partial charge < -0.3 is 10.6 Å². The first-order valence-electron chi connectivity index (χ1n) is 4.74. The van der Waals surface area contributed by atoms with E-state index in [4.69, 9.17) is 5.26 Å². The van der Waals surface area contributed by atoms with Crippen molar-refractivity contribution in [3.8, 4) is 6.19 Å². The fourth-order valence-corrected chi connectivity index (χ4v) is 1.36. The molecule has 0 aromatic carbocycles. The molecule has 0 aliphatic rings. The average molecular weight is 239 g/mol. The average Bonchev–Trinajstić information content (AvgIpc) is 2.80. The Morgan fingerprint density at radius 1 is 1.69 bits per heavy atom. The van der Waals surface area contributed by atoms with E-state index in [0.29, 0.717) is 18.5 Å². The Morgan fingerprint density at radius 3 is 3.19 bits per heavy atom. The van der Waals surface area contributed by atoms with E-state index >= 15 is 0 Å². The number of nitrogens with one attached hydrogen (secondary N) is 3. The Balaban J connectivity index is 2.13. The van der Waals surface area contributed by atoms with E-state index < -0.39 is 0 Å². The molecule has 1 rings (SSSR count). The topological polar surface area (TPSA) is 98.0 Å². The van der Waals surface area contributed by atoms with E-state index in [0.717, 1.165) is 13.0 Å². The molecular formula is C8H13N7S. The summed E-state index contributed by atoms with van der Waals surface area (Å²) in [5.41, 5.74) is 1.68. The third-order valence-electron chi connectivity index (χ3n) is 1.66. The van der Waals surface area contributed by atoms with Crippen molar-refractivity contribution in [2.45, 2.75) is 6.42 Å². The van der Waals surface area contributed by atoms with Crippen molar-refractivity contribution in [1.29, 1.82) is 5.26 Å². The van der Waals surface area contributed by atoms with E-state index in [1.807, 2.05) is 0 Å². The zero-order valence-electron chi connectivity index (χ0n) is 8.90. The van der Waals surface area contributed by atoms with Gasteiger partial charge in [0.15, 0.2) is 6.19 Å². The van der Waals surface area contributed by atoms with Gasteiger partial charge in [0.25, 0.3) is 0 Å². The molecule has 1 aromatic heterocycles. The van der Waals surface area contributed by atoms with Gasteiger partial charge >= 0.3 is 0 Å². The lowest BCUT2D eigenvalue weighted by Crippen LogP contribution is -2.31. The lowest BCUT2D eigenvalue weighted by Gasteiger charge is -2.02. The number of nitrogens with zero attached hydrogens (tertiary/aromatic N) is 4. The smallest absolute Gasteiger partial charge is 0.234 e. The predicted octanol–water partition coefficient (Wildman–Crippen LogP) is -0.0138. The highest BCUT2D eigenvalue weighted by Gasteiger charge is 1.95. The first-order chi connectivity index (χ1) is 7.86. The van der Waals surface area contributed by atoms with Gasteiger partial charge in [0.2, 0.25) is 11.9 Å². The van der Waals surface area contributed by atoms with Gasteiger partial charge in [-0.05, 0) is 18.0 Å². The Hall–Kier alpha value is -1.88. The quantitative estimate of drug-likeness (QED) is 0.220. The van der Waals surface area contributed by atoms with E-state index in [1.54, 1.807) is 18.8 Å². The van der Waals surface area contributed by atoms with Crippen LogP contribution in [0.5, 0.6) is 0 Å². The first-order valence-corrected chi connectivity index (χ1v) is 5.58. The van der Waals surface area contributed by atoms with Crippen LogP contribution in [-0.4, -0.2) is 35.5 Å². The Morgan fingerprint density at radius 2 is 2.56 bits per heavy atom. The van der Waals surface area contributed by atoms with Crippen molar-refractivity contribution in [3.05, 3.63) is 5.51 Å². The first kappa shape index (κ1) is 12.2. The minimum Gasteiger partial charge on any atom is -0.359 e. The summed E-state index contributed by atoms with van der Waals surface area (Å²) in [6.07, 6.45) is 2.65. The SMILES string of the molecule is CNC(=NCCCNc1ncsn1)NC#N. The zero-order valence-corrected chi connectivity index (χ0v) is 9.71. The molecule has 0 aliphatic heterocycles. The Bertz CT molecular complexity index is 353. The van der Waals surface area contributed by atoms with Gasteiger partial charge in [0.1, 0.15) is 5.51 Å². The van der Waals surface area contributed by atoms with E-state index in [2.05, 4.69) is 30.3 Å². The van der Waals surface area contributed by atoms with Gasteiger partial charge in [-0.3, -0.25) is 10.3 Å². The molecule has 0 unspecified atom stereocenters. The molecule has 1 aromatic rings. The lowest BCUT2D eigenvalue weighted by molar-refractivity contribution is 0.853. The second kappa shape index (κ2) is 7.42. The molecule has 0 saturated carbocycles. The third-order valence-corrected chi connectivity index (χ3v) is 2.14. The van der Waals surface area contributed by atoms with Crippen LogP contribution < -0.4 is 16.0 Å². The second-order valence-electron chi connectivity index (χ2n) is 2.75. The molecule has 1 heterocycles. The number of anilines is 1. The van der Waals surface area contributed by atoms with Crippen LogP contribution >= 0.6 is 11.5 Å². The molecule has 0 amide bonds. The maximum atomic E-state index is 8.39. The molecule has 16 heavy (non-hydrogen) atoms. The van der Waals surface area contributed by atoms with Gasteiger partial charge in [-0.1, -0.05) is 0 Å². The van der Waals surface area contributed by atoms with Gasteiger partial charge in [-0.25, -0.2) is 4.98 Å². The van der Waals surface area contributed by atoms with E-state index in [-0.39, 0.29) is 0 Å². The Kier molecular flexibility index (Phi) is 5.65. The van der Waals surface area contributed by atoms with E-state index in [1.165, 1.54) is 11.5 Å². The maximum absolute atomic E-state index is 8.39. The number of aromatic nitrogens is 2. The minimum atomic E-state index is 0.481. The van der Waals surface area contributed by atoms with Crippen molar-refractivity contribution in [2.75, 3.05) is 25.5 Å². The molecule has 0 saturated heterocycles. The molecular weight excluding hydrogens is 226 g/mol. The molecule has 8 heteroatoms. The molecule has 86 valence electrons. The number of aliphatic imine (C=N–C) groups is 1. The largest absolute Gasteiger partial charge is 0.359 e. The van der Waals surface area contributed by atoms with Gasteiger partial charge in [0.05, 0.1) is 0 Å². The number of hydrogen-bond donors (Lipinski definition) is 3. The van der Waals surface area contributed by atoms with Crippen LogP contribution in [0.1, 0.15) is 6.42 Å². The van der Waals surface area contributed by atoms with Gasteiger partial charge in [-0.2, -0.15) is 9.64 Å². The third kappa shape index (κ3) is 4.56. The maximum Gasteiger partial charge on any atom is 0.234 e. The number of guanidine groups is 1. The zero-order chi connectivity index (χ0) is 11.6. The number of rotatable bonds is 5. The van der Waals surface area contributed by atoms with Crippen LogP contribution in [0.4, 0.5) is 5.95 Å². The van der Waals surface area contributed by atoms with Crippen molar-refractivity contribution >= 4 is 23.4 Å². The lowest BCUT2D eigenvalue weighted by atomic mass is 10.4. The molecule has 0 aliphatic carbocycles.